The SMILES string of the molecule is Clc1ccc(OCc2ccccc2)c(CCCN2CCOCC2)c1. The van der Waals surface area contributed by atoms with Crippen LogP contribution in [0.2, 0.25) is 5.02 Å². The second kappa shape index (κ2) is 9.07. The van der Waals surface area contributed by atoms with E-state index < -0.39 is 0 Å². The van der Waals surface area contributed by atoms with Gasteiger partial charge in [0.05, 0.1) is 13.2 Å². The number of ether oxygens (including phenoxy) is 2. The summed E-state index contributed by atoms with van der Waals surface area (Å²) in [7, 11) is 0. The van der Waals surface area contributed by atoms with Crippen LogP contribution in [0.5, 0.6) is 5.75 Å². The topological polar surface area (TPSA) is 21.7 Å². The van der Waals surface area contributed by atoms with Crippen molar-refractivity contribution >= 4 is 11.6 Å². The summed E-state index contributed by atoms with van der Waals surface area (Å²) in [6.07, 6.45) is 2.07. The van der Waals surface area contributed by atoms with Crippen molar-refractivity contribution in [2.24, 2.45) is 0 Å². The summed E-state index contributed by atoms with van der Waals surface area (Å²) >= 11 is 6.18. The second-order valence-electron chi connectivity index (χ2n) is 6.08. The van der Waals surface area contributed by atoms with E-state index in [0.29, 0.717) is 6.61 Å². The lowest BCUT2D eigenvalue weighted by atomic mass is 10.1. The molecule has 0 unspecified atom stereocenters. The number of rotatable bonds is 7. The van der Waals surface area contributed by atoms with Gasteiger partial charge in [0.15, 0.2) is 0 Å². The molecule has 0 radical (unpaired) electrons. The summed E-state index contributed by atoms with van der Waals surface area (Å²) in [6, 6.07) is 16.1. The first kappa shape index (κ1) is 17.3. The monoisotopic (exact) mass is 345 g/mol. The van der Waals surface area contributed by atoms with Crippen LogP contribution in [0, 0.1) is 0 Å². The molecule has 24 heavy (non-hydrogen) atoms. The lowest BCUT2D eigenvalue weighted by Crippen LogP contribution is -2.36. The molecular formula is C20H24ClNO2. The van der Waals surface area contributed by atoms with E-state index in [-0.39, 0.29) is 0 Å². The van der Waals surface area contributed by atoms with E-state index in [1.807, 2.05) is 36.4 Å². The van der Waals surface area contributed by atoms with Crippen LogP contribution in [-0.4, -0.2) is 37.7 Å². The molecule has 0 aliphatic carbocycles. The molecule has 2 aromatic rings. The van der Waals surface area contributed by atoms with Crippen molar-refractivity contribution in [2.75, 3.05) is 32.8 Å². The minimum absolute atomic E-state index is 0.582. The molecule has 1 aliphatic rings. The number of hydrogen-bond donors (Lipinski definition) is 0. The molecular weight excluding hydrogens is 322 g/mol. The Morgan fingerprint density at radius 3 is 2.62 bits per heavy atom. The van der Waals surface area contributed by atoms with Gasteiger partial charge in [-0.25, -0.2) is 0 Å². The van der Waals surface area contributed by atoms with Crippen molar-refractivity contribution in [2.45, 2.75) is 19.4 Å². The van der Waals surface area contributed by atoms with Crippen molar-refractivity contribution in [3.8, 4) is 5.75 Å². The van der Waals surface area contributed by atoms with Crippen molar-refractivity contribution in [1.82, 2.24) is 4.90 Å². The third kappa shape index (κ3) is 5.23. The van der Waals surface area contributed by atoms with Crippen molar-refractivity contribution in [3.63, 3.8) is 0 Å². The predicted octanol–water partition coefficient (Wildman–Crippen LogP) is 4.18. The van der Waals surface area contributed by atoms with Gasteiger partial charge in [-0.15, -0.1) is 0 Å². The van der Waals surface area contributed by atoms with E-state index in [1.165, 1.54) is 11.1 Å². The molecule has 0 bridgehead atoms. The highest BCUT2D eigenvalue weighted by Crippen LogP contribution is 2.25. The molecule has 0 spiro atoms. The van der Waals surface area contributed by atoms with Gasteiger partial charge in [0.1, 0.15) is 12.4 Å². The van der Waals surface area contributed by atoms with E-state index in [2.05, 4.69) is 17.0 Å². The largest absolute Gasteiger partial charge is 0.489 e. The number of aryl methyl sites for hydroxylation is 1. The van der Waals surface area contributed by atoms with Crippen LogP contribution in [0.15, 0.2) is 48.5 Å². The van der Waals surface area contributed by atoms with Gasteiger partial charge in [0.2, 0.25) is 0 Å². The van der Waals surface area contributed by atoms with Crippen LogP contribution >= 0.6 is 11.6 Å². The summed E-state index contributed by atoms with van der Waals surface area (Å²) in [5.41, 5.74) is 2.36. The number of morpholine rings is 1. The molecule has 4 heteroatoms. The Labute approximate surface area is 149 Å². The average molecular weight is 346 g/mol. The van der Waals surface area contributed by atoms with Crippen LogP contribution in [0.4, 0.5) is 0 Å². The normalized spacial score (nSPS) is 15.4. The first-order valence-electron chi connectivity index (χ1n) is 8.56. The molecule has 1 heterocycles. The summed E-state index contributed by atoms with van der Waals surface area (Å²) in [6.45, 7) is 5.44. The van der Waals surface area contributed by atoms with Gasteiger partial charge in [-0.2, -0.15) is 0 Å². The van der Waals surface area contributed by atoms with Crippen LogP contribution in [0.25, 0.3) is 0 Å². The molecule has 3 nitrogen and oxygen atoms in total. The molecule has 1 saturated heterocycles. The third-order valence-electron chi connectivity index (χ3n) is 4.28. The van der Waals surface area contributed by atoms with Gasteiger partial charge in [0.25, 0.3) is 0 Å². The van der Waals surface area contributed by atoms with Gasteiger partial charge in [-0.05, 0) is 48.7 Å². The fourth-order valence-corrected chi connectivity index (χ4v) is 3.13. The molecule has 1 fully saturated rings. The van der Waals surface area contributed by atoms with Gasteiger partial charge in [-0.3, -0.25) is 4.90 Å². The first-order valence-corrected chi connectivity index (χ1v) is 8.94. The number of hydrogen-bond acceptors (Lipinski definition) is 3. The lowest BCUT2D eigenvalue weighted by molar-refractivity contribution is 0.0374. The maximum atomic E-state index is 6.18. The van der Waals surface area contributed by atoms with Gasteiger partial charge < -0.3 is 9.47 Å². The van der Waals surface area contributed by atoms with E-state index >= 15 is 0 Å². The second-order valence-corrected chi connectivity index (χ2v) is 6.52. The van der Waals surface area contributed by atoms with Crippen molar-refractivity contribution < 1.29 is 9.47 Å². The zero-order valence-corrected chi connectivity index (χ0v) is 14.7. The predicted molar refractivity (Wildman–Crippen MR) is 97.8 cm³/mol. The Morgan fingerprint density at radius 2 is 1.83 bits per heavy atom. The fourth-order valence-electron chi connectivity index (χ4n) is 2.94. The molecule has 128 valence electrons. The van der Waals surface area contributed by atoms with Crippen LogP contribution in [0.1, 0.15) is 17.5 Å². The summed E-state index contributed by atoms with van der Waals surface area (Å²) in [5.74, 6) is 0.935. The number of halogens is 1. The number of benzene rings is 2. The Hall–Kier alpha value is -1.55. The summed E-state index contributed by atoms with van der Waals surface area (Å²) in [4.78, 5) is 2.46. The van der Waals surface area contributed by atoms with E-state index in [9.17, 15) is 0 Å². The van der Waals surface area contributed by atoms with Gasteiger partial charge in [-0.1, -0.05) is 41.9 Å². The molecule has 1 aliphatic heterocycles. The van der Waals surface area contributed by atoms with Crippen molar-refractivity contribution in [3.05, 3.63) is 64.7 Å². The van der Waals surface area contributed by atoms with Gasteiger partial charge >= 0.3 is 0 Å². The van der Waals surface area contributed by atoms with E-state index in [0.717, 1.165) is 56.5 Å². The Balaban J connectivity index is 1.56. The summed E-state index contributed by atoms with van der Waals surface area (Å²) in [5, 5.41) is 0.767. The zero-order valence-electron chi connectivity index (χ0n) is 13.9. The van der Waals surface area contributed by atoms with Crippen LogP contribution in [-0.2, 0) is 17.8 Å². The lowest BCUT2D eigenvalue weighted by Gasteiger charge is -2.26. The summed E-state index contributed by atoms with van der Waals surface area (Å²) < 4.78 is 11.4. The molecule has 0 aromatic heterocycles. The van der Waals surface area contributed by atoms with Crippen LogP contribution in [0.3, 0.4) is 0 Å². The van der Waals surface area contributed by atoms with E-state index in [1.54, 1.807) is 0 Å². The minimum atomic E-state index is 0.582. The quantitative estimate of drug-likeness (QED) is 0.751. The molecule has 0 saturated carbocycles. The molecule has 0 amide bonds. The highest BCUT2D eigenvalue weighted by atomic mass is 35.5. The average Bonchev–Trinajstić information content (AvgIpc) is 2.63. The maximum absolute atomic E-state index is 6.18. The van der Waals surface area contributed by atoms with Gasteiger partial charge in [0, 0.05) is 18.1 Å². The van der Waals surface area contributed by atoms with Crippen molar-refractivity contribution in [1.29, 1.82) is 0 Å². The Kier molecular flexibility index (Phi) is 6.53. The van der Waals surface area contributed by atoms with Crippen LogP contribution < -0.4 is 4.74 Å². The molecule has 2 aromatic carbocycles. The smallest absolute Gasteiger partial charge is 0.123 e. The highest BCUT2D eigenvalue weighted by Gasteiger charge is 2.11. The highest BCUT2D eigenvalue weighted by molar-refractivity contribution is 6.30. The zero-order chi connectivity index (χ0) is 16.6. The minimum Gasteiger partial charge on any atom is -0.489 e. The Bertz CT molecular complexity index is 627. The molecule has 0 N–H and O–H groups in total. The third-order valence-corrected chi connectivity index (χ3v) is 4.52. The number of nitrogens with zero attached hydrogens (tertiary/aromatic N) is 1. The van der Waals surface area contributed by atoms with E-state index in [4.69, 9.17) is 21.1 Å². The standard InChI is InChI=1S/C20H24ClNO2/c21-19-8-9-20(24-16-17-5-2-1-3-6-17)18(15-19)7-4-10-22-11-13-23-14-12-22/h1-3,5-6,8-9,15H,4,7,10-14,16H2. The molecule has 0 atom stereocenters. The maximum Gasteiger partial charge on any atom is 0.123 e. The first-order chi connectivity index (χ1) is 11.8. The molecule has 3 rings (SSSR count). The Morgan fingerprint density at radius 1 is 1.04 bits per heavy atom. The fraction of sp³-hybridized carbons (Fsp3) is 0.400.